The summed E-state index contributed by atoms with van der Waals surface area (Å²) in [5, 5.41) is 80.6. The van der Waals surface area contributed by atoms with Gasteiger partial charge in [0.25, 0.3) is 0 Å². The first kappa shape index (κ1) is 122. The number of halogens is 5. The van der Waals surface area contributed by atoms with Crippen LogP contribution in [0.2, 0.25) is 0 Å². The maximum Gasteiger partial charge on any atom is 0.168 e. The number of phenols is 2. The number of aliphatic hydroxyl groups excluding tert-OH is 7. The maximum atomic E-state index is 14.0. The summed E-state index contributed by atoms with van der Waals surface area (Å²) in [4.78, 5) is 0. The largest absolute Gasteiger partial charge is 0.508 e. The van der Waals surface area contributed by atoms with Gasteiger partial charge in [-0.15, -0.1) is 6.42 Å². The number of terminal acetylenes is 1. The van der Waals surface area contributed by atoms with Crippen molar-refractivity contribution in [2.24, 2.45) is 0 Å². The third-order valence-corrected chi connectivity index (χ3v) is 19.8. The van der Waals surface area contributed by atoms with Gasteiger partial charge in [0.05, 0.1) is 94.0 Å². The minimum atomic E-state index is -0.443. The Morgan fingerprint density at radius 1 is 0.333 bits per heavy atom. The summed E-state index contributed by atoms with van der Waals surface area (Å²) in [5.74, 6) is 8.44. The molecule has 0 atom stereocenters. The van der Waals surface area contributed by atoms with Crippen molar-refractivity contribution >= 4 is 12.2 Å². The van der Waals surface area contributed by atoms with E-state index < -0.39 is 12.5 Å². The van der Waals surface area contributed by atoms with Crippen molar-refractivity contribution in [2.45, 2.75) is 218 Å². The lowest BCUT2D eigenvalue weighted by atomic mass is 9.99. The predicted octanol–water partition coefficient (Wildman–Crippen LogP) is 23.8. The van der Waals surface area contributed by atoms with Crippen molar-refractivity contribution in [3.63, 3.8) is 0 Å². The SMILES string of the molecule is C#Cc1cc(OCCO)cc(C(C)C)c1.C=Cc1cc(O)cc(C(C)C)c1.C=Cc1cc(OCCO)cc(C(C)C)c1.CC(C)c1cc(CO)cc(OCCCO)c1F.CC(C)c1cc(CO)cc(OCCO)c1F.CCOc1cc(O)cc(C(C)C)c1.COCCOc1cc(CO)cc(C(C)C)c1F.COc1cc(COCCF)cc(C(C)C)c1.COc1cc(OC)c(F)c(C(C)C)c1. The number of phenolic OH excluding ortho intramolecular Hbond substituents is 2. The van der Waals surface area contributed by atoms with Crippen LogP contribution in [-0.4, -0.2) is 160 Å². The molecule has 0 bridgehead atoms. The van der Waals surface area contributed by atoms with Crippen LogP contribution in [0, 0.1) is 35.6 Å². The lowest BCUT2D eigenvalue weighted by Crippen LogP contribution is -2.07. The molecule has 0 unspecified atom stereocenters. The minimum absolute atomic E-state index is 0.0112. The van der Waals surface area contributed by atoms with Crippen LogP contribution in [0.1, 0.15) is 280 Å². The van der Waals surface area contributed by atoms with Crippen LogP contribution in [-0.2, 0) is 35.9 Å². The molecule has 0 amide bonds. The third kappa shape index (κ3) is 46.5. The van der Waals surface area contributed by atoms with Gasteiger partial charge in [0, 0.05) is 37.8 Å². The lowest BCUT2D eigenvalue weighted by Gasteiger charge is -2.14. The zero-order valence-electron chi connectivity index (χ0n) is 83.8. The first-order valence-corrected chi connectivity index (χ1v) is 45.6. The van der Waals surface area contributed by atoms with Gasteiger partial charge in [-0.2, -0.15) is 0 Å². The molecular formula is C110H153F5O20. The molecule has 0 radical (unpaired) electrons. The molecule has 135 heavy (non-hydrogen) atoms. The molecule has 20 nitrogen and oxygen atoms in total. The quantitative estimate of drug-likeness (QED) is 0.00980. The highest BCUT2D eigenvalue weighted by molar-refractivity contribution is 5.54. The van der Waals surface area contributed by atoms with Crippen LogP contribution in [0.4, 0.5) is 22.0 Å². The molecule has 9 aromatic rings. The molecule has 0 saturated carbocycles. The topological polar surface area (TPSA) is 284 Å². The van der Waals surface area contributed by atoms with Gasteiger partial charge in [-0.05, 0) is 235 Å². The summed E-state index contributed by atoms with van der Waals surface area (Å²) < 4.78 is 124. The van der Waals surface area contributed by atoms with Crippen LogP contribution in [0.15, 0.2) is 153 Å². The Morgan fingerprint density at radius 3 is 1.08 bits per heavy atom. The van der Waals surface area contributed by atoms with Crippen molar-refractivity contribution in [1.82, 2.24) is 0 Å². The molecule has 0 fully saturated rings. The van der Waals surface area contributed by atoms with Gasteiger partial charge >= 0.3 is 0 Å². The van der Waals surface area contributed by atoms with Gasteiger partial charge in [-0.25, -0.2) is 22.0 Å². The van der Waals surface area contributed by atoms with Crippen LogP contribution in [0.3, 0.4) is 0 Å². The van der Waals surface area contributed by atoms with E-state index in [1.165, 1.54) is 36.4 Å². The summed E-state index contributed by atoms with van der Waals surface area (Å²) in [6.45, 7) is 47.5. The number of aromatic hydroxyl groups is 2. The van der Waals surface area contributed by atoms with Gasteiger partial charge in [0.2, 0.25) is 0 Å². The van der Waals surface area contributed by atoms with Crippen molar-refractivity contribution in [1.29, 1.82) is 0 Å². The van der Waals surface area contributed by atoms with Crippen LogP contribution in [0.25, 0.3) is 12.2 Å². The Bertz CT molecular complexity index is 4830. The molecule has 0 spiro atoms. The second-order valence-corrected chi connectivity index (χ2v) is 33.7. The fraction of sp³-hybridized carbons (Fsp3) is 0.455. The molecule has 9 N–H and O–H groups in total. The molecule has 0 aliphatic heterocycles. The average molecular weight is 1890 g/mol. The van der Waals surface area contributed by atoms with E-state index in [0.29, 0.717) is 126 Å². The van der Waals surface area contributed by atoms with E-state index in [1.54, 1.807) is 88.1 Å². The Hall–Kier alpha value is -10.9. The monoisotopic (exact) mass is 1890 g/mol. The summed E-state index contributed by atoms with van der Waals surface area (Å²) in [6.07, 6.45) is 9.36. The Kier molecular flexibility index (Phi) is 61.7. The number of rotatable bonds is 40. The van der Waals surface area contributed by atoms with Crippen molar-refractivity contribution < 1.29 is 120 Å². The average Bonchev–Trinajstić information content (AvgIpc) is 0.830. The van der Waals surface area contributed by atoms with Crippen LogP contribution in [0.5, 0.6) is 63.2 Å². The van der Waals surface area contributed by atoms with E-state index >= 15 is 0 Å². The number of hydrogen-bond acceptors (Lipinski definition) is 20. The first-order valence-electron chi connectivity index (χ1n) is 45.6. The zero-order chi connectivity index (χ0) is 102. The lowest BCUT2D eigenvalue weighted by molar-refractivity contribution is 0.106. The molecule has 0 saturated heterocycles. The number of benzene rings is 9. The van der Waals surface area contributed by atoms with E-state index in [1.807, 2.05) is 117 Å². The van der Waals surface area contributed by atoms with Gasteiger partial charge in [0.15, 0.2) is 46.3 Å². The van der Waals surface area contributed by atoms with E-state index in [-0.39, 0.29) is 136 Å². The van der Waals surface area contributed by atoms with E-state index in [0.717, 1.165) is 61.9 Å². The molecule has 0 aliphatic rings. The normalized spacial score (nSPS) is 10.6. The Morgan fingerprint density at radius 2 is 0.696 bits per heavy atom. The number of aliphatic hydroxyl groups is 7. The molecule has 0 aromatic heterocycles. The summed E-state index contributed by atoms with van der Waals surface area (Å²) >= 11 is 0. The highest BCUT2D eigenvalue weighted by Crippen LogP contribution is 2.36. The first-order chi connectivity index (χ1) is 64.1. The summed E-state index contributed by atoms with van der Waals surface area (Å²) in [7, 11) is 6.20. The van der Waals surface area contributed by atoms with Crippen molar-refractivity contribution in [3.05, 3.63) is 265 Å². The van der Waals surface area contributed by atoms with E-state index in [2.05, 4.69) is 100 Å². The molecule has 25 heteroatoms. The van der Waals surface area contributed by atoms with Crippen LogP contribution < -0.4 is 42.6 Å². The van der Waals surface area contributed by atoms with Crippen molar-refractivity contribution in [3.8, 4) is 75.6 Å². The molecule has 0 heterocycles. The molecule has 9 rings (SSSR count). The predicted molar refractivity (Wildman–Crippen MR) is 533 cm³/mol. The Labute approximate surface area is 800 Å². The number of methoxy groups -OCH3 is 4. The van der Waals surface area contributed by atoms with Gasteiger partial charge in [0.1, 0.15) is 73.3 Å². The minimum Gasteiger partial charge on any atom is -0.508 e. The van der Waals surface area contributed by atoms with Gasteiger partial charge in [-0.3, -0.25) is 0 Å². The number of hydrogen-bond donors (Lipinski definition) is 9. The molecule has 748 valence electrons. The fourth-order valence-corrected chi connectivity index (χ4v) is 12.2. The molecular weight excluding hydrogens is 1740 g/mol. The Balaban J connectivity index is 0.000000761. The second kappa shape index (κ2) is 68.2. The highest BCUT2D eigenvalue weighted by atomic mass is 19.1. The molecule has 0 aliphatic carbocycles. The van der Waals surface area contributed by atoms with Gasteiger partial charge in [-0.1, -0.05) is 192 Å². The second-order valence-electron chi connectivity index (χ2n) is 33.7. The zero-order valence-corrected chi connectivity index (χ0v) is 83.8. The number of alkyl halides is 1. The maximum absolute atomic E-state index is 14.0. The van der Waals surface area contributed by atoms with Crippen LogP contribution >= 0.6 is 0 Å². The van der Waals surface area contributed by atoms with E-state index in [4.69, 9.17) is 94.3 Å². The highest BCUT2D eigenvalue weighted by Gasteiger charge is 2.20. The third-order valence-electron chi connectivity index (χ3n) is 19.8. The standard InChI is InChI=1S/2C13H19FO3.C13H19FO2.C13H18O2.C13H16O2.C12H17FO3.C11H15FO2.C11H16O2.C11H14O/c1-9(2)11-6-10(8-15)7-12(13(11)14)17-5-4-16-3;1-9(2)11-6-10(8-16)7-12(13(11)14)17-5-3-4-15;1-10(2)12-6-11(9-16-5-4-14)7-13(8-12)15-3;2*1-4-11-7-12(10(2)3)9-13(8-11)15-6-5-14;1-8(2)10-5-9(7-15)6-11(12(10)13)16-4-3-14;1-7(2)9-5-8(13-3)6-10(14-4)11(9)12;1-4-13-11-6-9(8(2)3)5-10(12)7-11;1-4-9-5-10(8(2)3)7-11(12)6-9/h6-7,9,15H,4-5,8H2,1-3H3;6-7,9,15-16H,3-5,8H2,1-2H3;6-8,10H,4-5,9H2,1-3H3;4,7-10,14H,1,5-6H2,2-3H3;1,7-10,14H,5-6H2,2-3H3;5-6,8,14-15H,3-4,7H2,1-2H3;5-7H,1-4H3;5-8,12H,4H2,1-3H3;4-8,12H,1H2,2-3H3. The van der Waals surface area contributed by atoms with E-state index in [9.17, 15) is 32.2 Å². The smallest absolute Gasteiger partial charge is 0.168 e. The molecule has 9 aromatic carbocycles. The fourth-order valence-electron chi connectivity index (χ4n) is 12.2. The summed E-state index contributed by atoms with van der Waals surface area (Å²) in [6, 6.07) is 41.4. The number of ether oxygens (including phenoxy) is 11. The summed E-state index contributed by atoms with van der Waals surface area (Å²) in [5.41, 5.74) is 13.8. The van der Waals surface area contributed by atoms with Gasteiger partial charge < -0.3 is 98.1 Å². The van der Waals surface area contributed by atoms with Crippen molar-refractivity contribution in [2.75, 3.05) is 114 Å².